The zero-order chi connectivity index (χ0) is 11.5. The van der Waals surface area contributed by atoms with Crippen molar-refractivity contribution in [2.45, 2.75) is 25.8 Å². The van der Waals surface area contributed by atoms with Crippen LogP contribution in [0.4, 0.5) is 10.1 Å². The Hall–Kier alpha value is -1.58. The van der Waals surface area contributed by atoms with Gasteiger partial charge in [0.2, 0.25) is 0 Å². The summed E-state index contributed by atoms with van der Waals surface area (Å²) in [5.74, 6) is -0.908. The largest absolute Gasteiger partial charge is 0.462 e. The third kappa shape index (κ3) is 2.51. The van der Waals surface area contributed by atoms with Gasteiger partial charge in [-0.2, -0.15) is 0 Å². The maximum Gasteiger partial charge on any atom is 0.340 e. The average Bonchev–Trinajstić information content (AvgIpc) is 3.05. The van der Waals surface area contributed by atoms with Crippen LogP contribution in [0.1, 0.15) is 30.1 Å². The number of hydrogen-bond donors (Lipinski definition) is 1. The number of esters is 1. The van der Waals surface area contributed by atoms with Crippen molar-refractivity contribution in [3.8, 4) is 0 Å². The summed E-state index contributed by atoms with van der Waals surface area (Å²) in [7, 11) is 0. The summed E-state index contributed by atoms with van der Waals surface area (Å²) in [6, 6.07) is 4.55. The van der Waals surface area contributed by atoms with Crippen LogP contribution in [0.2, 0.25) is 0 Å². The molecule has 0 aromatic heterocycles. The second-order valence-electron chi connectivity index (χ2n) is 3.83. The first-order valence-electron chi connectivity index (χ1n) is 5.44. The Morgan fingerprint density at radius 1 is 1.56 bits per heavy atom. The monoisotopic (exact) mass is 223 g/mol. The number of ether oxygens (including phenoxy) is 1. The summed E-state index contributed by atoms with van der Waals surface area (Å²) >= 11 is 0. The number of carbonyl (C=O) groups is 1. The predicted molar refractivity (Wildman–Crippen MR) is 59.0 cm³/mol. The van der Waals surface area contributed by atoms with Gasteiger partial charge >= 0.3 is 5.97 Å². The summed E-state index contributed by atoms with van der Waals surface area (Å²) in [6.07, 6.45) is 2.19. The normalized spacial score (nSPS) is 14.6. The molecule has 0 heterocycles. The number of nitrogens with one attached hydrogen (secondary N) is 1. The van der Waals surface area contributed by atoms with Gasteiger partial charge in [-0.05, 0) is 38.0 Å². The van der Waals surface area contributed by atoms with Crippen LogP contribution in [0.5, 0.6) is 0 Å². The highest BCUT2D eigenvalue weighted by molar-refractivity contribution is 5.95. The molecule has 0 atom stereocenters. The third-order valence-corrected chi connectivity index (χ3v) is 2.41. The second-order valence-corrected chi connectivity index (χ2v) is 3.83. The lowest BCUT2D eigenvalue weighted by Crippen LogP contribution is -2.11. The van der Waals surface area contributed by atoms with E-state index in [2.05, 4.69) is 5.32 Å². The molecular weight excluding hydrogens is 209 g/mol. The molecule has 3 nitrogen and oxygen atoms in total. The molecule has 4 heteroatoms. The van der Waals surface area contributed by atoms with Crippen LogP contribution in [-0.4, -0.2) is 18.6 Å². The van der Waals surface area contributed by atoms with Crippen molar-refractivity contribution in [2.24, 2.45) is 0 Å². The van der Waals surface area contributed by atoms with Crippen LogP contribution in [0, 0.1) is 5.82 Å². The Morgan fingerprint density at radius 2 is 2.31 bits per heavy atom. The fourth-order valence-electron chi connectivity index (χ4n) is 1.47. The minimum Gasteiger partial charge on any atom is -0.462 e. The van der Waals surface area contributed by atoms with Crippen LogP contribution in [0.25, 0.3) is 0 Å². The number of rotatable bonds is 4. The molecule has 0 unspecified atom stereocenters. The lowest BCUT2D eigenvalue weighted by atomic mass is 10.1. The van der Waals surface area contributed by atoms with E-state index in [9.17, 15) is 9.18 Å². The van der Waals surface area contributed by atoms with E-state index in [0.717, 1.165) is 12.8 Å². The molecular formula is C12H14FNO2. The lowest BCUT2D eigenvalue weighted by molar-refractivity contribution is 0.0527. The Bertz CT molecular complexity index is 402. The fraction of sp³-hybridized carbons (Fsp3) is 0.417. The standard InChI is InChI=1S/C12H14FNO2/c1-2-16-12(15)10-7-8(13)3-6-11(10)14-9-4-5-9/h3,6-7,9,14H,2,4-5H2,1H3. The molecule has 1 aromatic rings. The van der Waals surface area contributed by atoms with Gasteiger partial charge in [-0.3, -0.25) is 0 Å². The first-order chi connectivity index (χ1) is 7.70. The fourth-order valence-corrected chi connectivity index (χ4v) is 1.47. The second kappa shape index (κ2) is 4.51. The molecule has 16 heavy (non-hydrogen) atoms. The van der Waals surface area contributed by atoms with E-state index in [1.165, 1.54) is 12.1 Å². The van der Waals surface area contributed by atoms with Crippen LogP contribution in [0.3, 0.4) is 0 Å². The summed E-state index contributed by atoms with van der Waals surface area (Å²) in [5, 5.41) is 3.18. The van der Waals surface area contributed by atoms with Crippen LogP contribution >= 0.6 is 0 Å². The Kier molecular flexibility index (Phi) is 3.08. The molecule has 0 spiro atoms. The lowest BCUT2D eigenvalue weighted by Gasteiger charge is -2.10. The molecule has 0 amide bonds. The van der Waals surface area contributed by atoms with E-state index in [0.29, 0.717) is 11.7 Å². The van der Waals surface area contributed by atoms with Crippen molar-refractivity contribution in [1.82, 2.24) is 0 Å². The van der Waals surface area contributed by atoms with Gasteiger partial charge in [0, 0.05) is 11.7 Å². The number of halogens is 1. The maximum atomic E-state index is 13.1. The average molecular weight is 223 g/mol. The van der Waals surface area contributed by atoms with E-state index < -0.39 is 11.8 Å². The Labute approximate surface area is 93.6 Å². The number of hydrogen-bond acceptors (Lipinski definition) is 3. The van der Waals surface area contributed by atoms with Crippen LogP contribution in [-0.2, 0) is 4.74 Å². The SMILES string of the molecule is CCOC(=O)c1cc(F)ccc1NC1CC1. The molecule has 1 saturated carbocycles. The zero-order valence-electron chi connectivity index (χ0n) is 9.13. The van der Waals surface area contributed by atoms with Gasteiger partial charge in [-0.1, -0.05) is 0 Å². The van der Waals surface area contributed by atoms with Crippen molar-refractivity contribution in [3.63, 3.8) is 0 Å². The van der Waals surface area contributed by atoms with Crippen molar-refractivity contribution < 1.29 is 13.9 Å². The molecule has 1 aromatic carbocycles. The highest BCUT2D eigenvalue weighted by atomic mass is 19.1. The van der Waals surface area contributed by atoms with E-state index in [1.807, 2.05) is 0 Å². The van der Waals surface area contributed by atoms with E-state index in [-0.39, 0.29) is 12.2 Å². The topological polar surface area (TPSA) is 38.3 Å². The predicted octanol–water partition coefficient (Wildman–Crippen LogP) is 2.58. The highest BCUT2D eigenvalue weighted by Gasteiger charge is 2.23. The van der Waals surface area contributed by atoms with E-state index in [1.54, 1.807) is 13.0 Å². The molecule has 1 N–H and O–H groups in total. The molecule has 1 aliphatic rings. The van der Waals surface area contributed by atoms with Crippen molar-refractivity contribution in [1.29, 1.82) is 0 Å². The van der Waals surface area contributed by atoms with Crippen molar-refractivity contribution in [2.75, 3.05) is 11.9 Å². The highest BCUT2D eigenvalue weighted by Crippen LogP contribution is 2.27. The minimum absolute atomic E-state index is 0.272. The molecule has 2 rings (SSSR count). The van der Waals surface area contributed by atoms with Gasteiger partial charge in [-0.15, -0.1) is 0 Å². The maximum absolute atomic E-state index is 13.1. The summed E-state index contributed by atoms with van der Waals surface area (Å²) in [4.78, 5) is 11.6. The van der Waals surface area contributed by atoms with Gasteiger partial charge in [0.25, 0.3) is 0 Å². The van der Waals surface area contributed by atoms with Crippen LogP contribution < -0.4 is 5.32 Å². The van der Waals surface area contributed by atoms with Gasteiger partial charge < -0.3 is 10.1 Å². The third-order valence-electron chi connectivity index (χ3n) is 2.41. The van der Waals surface area contributed by atoms with Crippen LogP contribution in [0.15, 0.2) is 18.2 Å². The molecule has 0 aliphatic heterocycles. The van der Waals surface area contributed by atoms with E-state index in [4.69, 9.17) is 4.74 Å². The summed E-state index contributed by atoms with van der Waals surface area (Å²) in [6.45, 7) is 2.02. The molecule has 1 fully saturated rings. The van der Waals surface area contributed by atoms with Gasteiger partial charge in [0.1, 0.15) is 5.82 Å². The minimum atomic E-state index is -0.481. The number of benzene rings is 1. The number of anilines is 1. The Morgan fingerprint density at radius 3 is 2.94 bits per heavy atom. The first kappa shape index (κ1) is 10.9. The zero-order valence-corrected chi connectivity index (χ0v) is 9.13. The molecule has 0 radical (unpaired) electrons. The summed E-state index contributed by atoms with van der Waals surface area (Å²) in [5.41, 5.74) is 0.927. The quantitative estimate of drug-likeness (QED) is 0.797. The van der Waals surface area contributed by atoms with Gasteiger partial charge in [0.15, 0.2) is 0 Å². The molecule has 1 aliphatic carbocycles. The Balaban J connectivity index is 2.23. The summed E-state index contributed by atoms with van der Waals surface area (Å²) < 4.78 is 17.9. The first-order valence-corrected chi connectivity index (χ1v) is 5.44. The molecule has 86 valence electrons. The van der Waals surface area contributed by atoms with Gasteiger partial charge in [-0.25, -0.2) is 9.18 Å². The van der Waals surface area contributed by atoms with E-state index >= 15 is 0 Å². The van der Waals surface area contributed by atoms with Crippen molar-refractivity contribution in [3.05, 3.63) is 29.6 Å². The smallest absolute Gasteiger partial charge is 0.340 e. The molecule has 0 bridgehead atoms. The van der Waals surface area contributed by atoms with Crippen molar-refractivity contribution >= 4 is 11.7 Å². The number of carbonyl (C=O) groups excluding carboxylic acids is 1. The van der Waals surface area contributed by atoms with Gasteiger partial charge in [0.05, 0.1) is 12.2 Å². The molecule has 0 saturated heterocycles.